The highest BCUT2D eigenvalue weighted by molar-refractivity contribution is 6.08. The number of nitrogens with one attached hydrogen (secondary N) is 1. The van der Waals surface area contributed by atoms with Crippen LogP contribution in [-0.4, -0.2) is 22.5 Å². The van der Waals surface area contributed by atoms with Gasteiger partial charge in [-0.3, -0.25) is 0 Å². The van der Waals surface area contributed by atoms with E-state index in [-0.39, 0.29) is 6.61 Å². The van der Waals surface area contributed by atoms with E-state index in [1.165, 1.54) is 11.1 Å². The number of aromatic nitrogens is 2. The van der Waals surface area contributed by atoms with Gasteiger partial charge in [0.1, 0.15) is 23.0 Å². The number of benzene rings is 1. The third kappa shape index (κ3) is 3.20. The Balaban J connectivity index is 2.15. The molecule has 0 radical (unpaired) electrons. The van der Waals surface area contributed by atoms with E-state index in [2.05, 4.69) is 22.2 Å². The normalized spacial score (nSPS) is 10.9. The molecule has 1 N–H and O–H groups in total. The molecule has 0 saturated heterocycles. The molecule has 130 valence electrons. The summed E-state index contributed by atoms with van der Waals surface area (Å²) in [6, 6.07) is 6.05. The minimum atomic E-state index is -0.436. The summed E-state index contributed by atoms with van der Waals surface area (Å²) in [5.74, 6) is 1.12. The number of rotatable bonds is 4. The number of aryl methyl sites for hydroxylation is 4. The lowest BCUT2D eigenvalue weighted by atomic mass is 10.1. The van der Waals surface area contributed by atoms with Crippen molar-refractivity contribution in [3.05, 3.63) is 46.5 Å². The van der Waals surface area contributed by atoms with Crippen molar-refractivity contribution in [1.29, 1.82) is 0 Å². The molecule has 2 heterocycles. The Morgan fingerprint density at radius 2 is 1.92 bits per heavy atom. The van der Waals surface area contributed by atoms with Crippen LogP contribution in [0.1, 0.15) is 40.0 Å². The van der Waals surface area contributed by atoms with Crippen LogP contribution in [0.4, 0.5) is 11.5 Å². The number of carbonyl (C=O) groups is 1. The summed E-state index contributed by atoms with van der Waals surface area (Å²) in [7, 11) is 0. The summed E-state index contributed by atoms with van der Waals surface area (Å²) in [5.41, 5.74) is 4.00. The number of hydrogen-bond donors (Lipinski definition) is 1. The van der Waals surface area contributed by atoms with Crippen LogP contribution in [-0.2, 0) is 4.74 Å². The second kappa shape index (κ2) is 6.55. The number of carbonyl (C=O) groups excluding carboxylic acids is 1. The maximum absolute atomic E-state index is 12.4. The zero-order valence-corrected chi connectivity index (χ0v) is 15.1. The summed E-state index contributed by atoms with van der Waals surface area (Å²) in [5, 5.41) is 3.83. The maximum atomic E-state index is 12.4. The van der Waals surface area contributed by atoms with Gasteiger partial charge in [-0.1, -0.05) is 6.07 Å². The van der Waals surface area contributed by atoms with Gasteiger partial charge < -0.3 is 14.5 Å². The SMILES string of the molecule is CCOC(=O)c1c(C)oc2nc(C)nc(Nc3ccc(C)c(C)c3)c12. The number of hydrogen-bond acceptors (Lipinski definition) is 6. The summed E-state index contributed by atoms with van der Waals surface area (Å²) in [6.45, 7) is 9.68. The Morgan fingerprint density at radius 3 is 2.60 bits per heavy atom. The monoisotopic (exact) mass is 339 g/mol. The Kier molecular flexibility index (Phi) is 4.44. The number of esters is 1. The number of nitrogens with zero attached hydrogens (tertiary/aromatic N) is 2. The molecule has 25 heavy (non-hydrogen) atoms. The fraction of sp³-hybridized carbons (Fsp3) is 0.316. The lowest BCUT2D eigenvalue weighted by molar-refractivity contribution is 0.0526. The molecule has 0 aliphatic rings. The van der Waals surface area contributed by atoms with Gasteiger partial charge in [0.25, 0.3) is 0 Å². The van der Waals surface area contributed by atoms with Gasteiger partial charge in [0.05, 0.1) is 12.0 Å². The summed E-state index contributed by atoms with van der Waals surface area (Å²) in [6.07, 6.45) is 0. The van der Waals surface area contributed by atoms with Gasteiger partial charge >= 0.3 is 5.97 Å². The van der Waals surface area contributed by atoms with Crippen LogP contribution in [0.2, 0.25) is 0 Å². The molecule has 6 heteroatoms. The van der Waals surface area contributed by atoms with E-state index in [0.717, 1.165) is 5.69 Å². The van der Waals surface area contributed by atoms with E-state index in [1.54, 1.807) is 20.8 Å². The molecule has 6 nitrogen and oxygen atoms in total. The summed E-state index contributed by atoms with van der Waals surface area (Å²) >= 11 is 0. The van der Waals surface area contributed by atoms with E-state index < -0.39 is 5.97 Å². The van der Waals surface area contributed by atoms with Crippen molar-refractivity contribution < 1.29 is 13.9 Å². The minimum absolute atomic E-state index is 0.289. The fourth-order valence-corrected chi connectivity index (χ4v) is 2.71. The predicted molar refractivity (Wildman–Crippen MR) is 96.4 cm³/mol. The van der Waals surface area contributed by atoms with E-state index in [0.29, 0.717) is 34.1 Å². The Labute approximate surface area is 146 Å². The van der Waals surface area contributed by atoms with Gasteiger partial charge in [0.15, 0.2) is 0 Å². The molecule has 1 aromatic carbocycles. The third-order valence-electron chi connectivity index (χ3n) is 4.09. The molecule has 0 spiro atoms. The number of furan rings is 1. The molecule has 3 aromatic rings. The Morgan fingerprint density at radius 1 is 1.16 bits per heavy atom. The van der Waals surface area contributed by atoms with Gasteiger partial charge in [0.2, 0.25) is 5.71 Å². The van der Waals surface area contributed by atoms with Crippen molar-refractivity contribution in [3.63, 3.8) is 0 Å². The molecule has 0 fully saturated rings. The molecule has 3 rings (SSSR count). The van der Waals surface area contributed by atoms with E-state index in [1.807, 2.05) is 25.1 Å². The molecule has 0 amide bonds. The highest BCUT2D eigenvalue weighted by Crippen LogP contribution is 2.32. The average molecular weight is 339 g/mol. The van der Waals surface area contributed by atoms with E-state index >= 15 is 0 Å². The molecular formula is C19H21N3O3. The zero-order chi connectivity index (χ0) is 18.1. The van der Waals surface area contributed by atoms with Gasteiger partial charge in [-0.05, 0) is 57.9 Å². The van der Waals surface area contributed by atoms with Crippen LogP contribution in [0.5, 0.6) is 0 Å². The topological polar surface area (TPSA) is 77.2 Å². The van der Waals surface area contributed by atoms with Crippen molar-refractivity contribution in [3.8, 4) is 0 Å². The Hall–Kier alpha value is -2.89. The molecule has 0 saturated carbocycles. The van der Waals surface area contributed by atoms with Crippen LogP contribution in [0, 0.1) is 27.7 Å². The number of fused-ring (bicyclic) bond motifs is 1. The fourth-order valence-electron chi connectivity index (χ4n) is 2.71. The average Bonchev–Trinajstić information content (AvgIpc) is 2.87. The van der Waals surface area contributed by atoms with Crippen molar-refractivity contribution in [1.82, 2.24) is 9.97 Å². The predicted octanol–water partition coefficient (Wildman–Crippen LogP) is 4.38. The molecule has 2 aromatic heterocycles. The molecule has 0 bridgehead atoms. The lowest BCUT2D eigenvalue weighted by Gasteiger charge is -2.10. The standard InChI is InChI=1S/C19H21N3O3/c1-6-24-19(23)15-12(4)25-18-16(15)17(20-13(5)21-18)22-14-8-7-10(2)11(3)9-14/h7-9H,6H2,1-5H3,(H,20,21,22). The second-order valence-electron chi connectivity index (χ2n) is 5.98. The first-order valence-corrected chi connectivity index (χ1v) is 8.19. The van der Waals surface area contributed by atoms with Crippen molar-refractivity contribution in [2.24, 2.45) is 0 Å². The van der Waals surface area contributed by atoms with Crippen LogP contribution in [0.15, 0.2) is 22.6 Å². The number of ether oxygens (including phenoxy) is 1. The molecular weight excluding hydrogens is 318 g/mol. The molecule has 0 aliphatic carbocycles. The number of anilines is 2. The van der Waals surface area contributed by atoms with Gasteiger partial charge in [0, 0.05) is 5.69 Å². The Bertz CT molecular complexity index is 960. The van der Waals surface area contributed by atoms with Gasteiger partial charge in [-0.15, -0.1) is 0 Å². The van der Waals surface area contributed by atoms with E-state index in [4.69, 9.17) is 9.15 Å². The zero-order valence-electron chi connectivity index (χ0n) is 15.1. The van der Waals surface area contributed by atoms with Crippen molar-refractivity contribution >= 4 is 28.6 Å². The van der Waals surface area contributed by atoms with Gasteiger partial charge in [-0.2, -0.15) is 4.98 Å². The first-order valence-electron chi connectivity index (χ1n) is 8.19. The van der Waals surface area contributed by atoms with Crippen molar-refractivity contribution in [2.75, 3.05) is 11.9 Å². The highest BCUT2D eigenvalue weighted by Gasteiger charge is 2.24. The van der Waals surface area contributed by atoms with E-state index in [9.17, 15) is 4.79 Å². The van der Waals surface area contributed by atoms with Crippen molar-refractivity contribution in [2.45, 2.75) is 34.6 Å². The van der Waals surface area contributed by atoms with Crippen LogP contribution in [0.3, 0.4) is 0 Å². The minimum Gasteiger partial charge on any atom is -0.462 e. The largest absolute Gasteiger partial charge is 0.462 e. The van der Waals surface area contributed by atoms with Crippen LogP contribution < -0.4 is 5.32 Å². The maximum Gasteiger partial charge on any atom is 0.342 e. The highest BCUT2D eigenvalue weighted by atomic mass is 16.5. The van der Waals surface area contributed by atoms with Crippen LogP contribution in [0.25, 0.3) is 11.1 Å². The van der Waals surface area contributed by atoms with Gasteiger partial charge in [-0.25, -0.2) is 9.78 Å². The third-order valence-corrected chi connectivity index (χ3v) is 4.09. The first kappa shape index (κ1) is 17.0. The smallest absolute Gasteiger partial charge is 0.342 e. The molecule has 0 aliphatic heterocycles. The quantitative estimate of drug-likeness (QED) is 0.711. The summed E-state index contributed by atoms with van der Waals surface area (Å²) < 4.78 is 10.8. The summed E-state index contributed by atoms with van der Waals surface area (Å²) in [4.78, 5) is 21.1. The molecule has 0 atom stereocenters. The van der Waals surface area contributed by atoms with Crippen LogP contribution >= 0.6 is 0 Å². The lowest BCUT2D eigenvalue weighted by Crippen LogP contribution is -2.07. The second-order valence-corrected chi connectivity index (χ2v) is 5.98. The molecule has 0 unspecified atom stereocenters. The first-order chi connectivity index (χ1) is 11.9.